The van der Waals surface area contributed by atoms with Crippen LogP contribution in [0.15, 0.2) is 23.3 Å². The van der Waals surface area contributed by atoms with Gasteiger partial charge in [-0.3, -0.25) is 9.69 Å². The van der Waals surface area contributed by atoms with E-state index in [1.54, 1.807) is 13.3 Å². The average molecular weight is 317 g/mol. The topological polar surface area (TPSA) is 53.9 Å². The number of ether oxygens (including phenoxy) is 1. The van der Waals surface area contributed by atoms with Gasteiger partial charge in [0.2, 0.25) is 0 Å². The number of aryl methyl sites for hydroxylation is 1. The highest BCUT2D eigenvalue weighted by molar-refractivity contribution is 5.83. The van der Waals surface area contributed by atoms with E-state index < -0.39 is 0 Å². The van der Waals surface area contributed by atoms with E-state index in [2.05, 4.69) is 15.4 Å². The Morgan fingerprint density at radius 2 is 1.96 bits per heavy atom. The molecule has 0 saturated carbocycles. The summed E-state index contributed by atoms with van der Waals surface area (Å²) in [6.07, 6.45) is 7.90. The van der Waals surface area contributed by atoms with Gasteiger partial charge < -0.3 is 4.74 Å². The molecule has 1 heterocycles. The summed E-state index contributed by atoms with van der Waals surface area (Å²) in [6, 6.07) is 5.80. The number of rotatable bonds is 5. The van der Waals surface area contributed by atoms with Gasteiger partial charge in [-0.1, -0.05) is 19.3 Å². The molecule has 0 atom stereocenters. The van der Waals surface area contributed by atoms with Crippen LogP contribution in [-0.2, 0) is 4.79 Å². The van der Waals surface area contributed by atoms with Crippen LogP contribution in [0.5, 0.6) is 5.75 Å². The molecule has 23 heavy (non-hydrogen) atoms. The van der Waals surface area contributed by atoms with Crippen molar-refractivity contribution in [2.24, 2.45) is 5.10 Å². The Balaban J connectivity index is 1.79. The molecule has 1 fully saturated rings. The lowest BCUT2D eigenvalue weighted by Gasteiger charge is -2.23. The highest BCUT2D eigenvalue weighted by atomic mass is 16.5. The van der Waals surface area contributed by atoms with E-state index in [0.29, 0.717) is 6.54 Å². The molecule has 1 aliphatic heterocycles. The third-order valence-corrected chi connectivity index (χ3v) is 4.14. The van der Waals surface area contributed by atoms with Gasteiger partial charge in [-0.25, -0.2) is 5.43 Å². The number of hydrogen-bond donors (Lipinski definition) is 1. The molecular formula is C18H27N3O2. The van der Waals surface area contributed by atoms with Crippen LogP contribution in [0.3, 0.4) is 0 Å². The molecule has 1 saturated heterocycles. The Morgan fingerprint density at radius 3 is 2.61 bits per heavy atom. The maximum Gasteiger partial charge on any atom is 0.254 e. The highest BCUT2D eigenvalue weighted by Gasteiger charge is 2.11. The van der Waals surface area contributed by atoms with Gasteiger partial charge >= 0.3 is 0 Å². The first kappa shape index (κ1) is 17.5. The number of likely N-dealkylation sites (tertiary alicyclic amines) is 1. The van der Waals surface area contributed by atoms with E-state index in [1.165, 1.54) is 32.1 Å². The fourth-order valence-corrected chi connectivity index (χ4v) is 2.87. The first-order chi connectivity index (χ1) is 11.2. The van der Waals surface area contributed by atoms with Crippen molar-refractivity contribution in [3.05, 3.63) is 29.3 Å². The van der Waals surface area contributed by atoms with Gasteiger partial charge in [0, 0.05) is 0 Å². The Labute approximate surface area is 138 Å². The van der Waals surface area contributed by atoms with Crippen molar-refractivity contribution in [2.75, 3.05) is 26.7 Å². The summed E-state index contributed by atoms with van der Waals surface area (Å²) in [5.41, 5.74) is 4.60. The minimum Gasteiger partial charge on any atom is -0.496 e. The minimum absolute atomic E-state index is 0.0490. The molecule has 1 amide bonds. The summed E-state index contributed by atoms with van der Waals surface area (Å²) in [4.78, 5) is 14.2. The van der Waals surface area contributed by atoms with Crippen LogP contribution in [0, 0.1) is 6.92 Å². The second-order valence-corrected chi connectivity index (χ2v) is 6.07. The summed E-state index contributed by atoms with van der Waals surface area (Å²) >= 11 is 0. The zero-order valence-electron chi connectivity index (χ0n) is 14.2. The van der Waals surface area contributed by atoms with Gasteiger partial charge in [0.25, 0.3) is 5.91 Å². The third-order valence-electron chi connectivity index (χ3n) is 4.14. The van der Waals surface area contributed by atoms with E-state index >= 15 is 0 Å². The quantitative estimate of drug-likeness (QED) is 0.671. The van der Waals surface area contributed by atoms with Gasteiger partial charge in [-0.2, -0.15) is 5.10 Å². The monoisotopic (exact) mass is 317 g/mol. The van der Waals surface area contributed by atoms with Crippen molar-refractivity contribution in [3.63, 3.8) is 0 Å². The number of hydrogen-bond acceptors (Lipinski definition) is 4. The number of nitrogens with one attached hydrogen (secondary N) is 1. The molecule has 0 aliphatic carbocycles. The summed E-state index contributed by atoms with van der Waals surface area (Å²) in [5.74, 6) is 0.801. The van der Waals surface area contributed by atoms with Crippen molar-refractivity contribution in [1.29, 1.82) is 0 Å². The van der Waals surface area contributed by atoms with Crippen LogP contribution in [0.2, 0.25) is 0 Å². The number of carbonyl (C=O) groups is 1. The van der Waals surface area contributed by atoms with E-state index in [9.17, 15) is 4.79 Å². The highest BCUT2D eigenvalue weighted by Crippen LogP contribution is 2.17. The van der Waals surface area contributed by atoms with Crippen LogP contribution in [0.4, 0.5) is 0 Å². The molecule has 0 unspecified atom stereocenters. The number of nitrogens with zero attached hydrogens (tertiary/aromatic N) is 2. The molecule has 5 nitrogen and oxygen atoms in total. The summed E-state index contributed by atoms with van der Waals surface area (Å²) in [7, 11) is 1.65. The van der Waals surface area contributed by atoms with E-state index in [-0.39, 0.29) is 5.91 Å². The molecule has 0 radical (unpaired) electrons. The van der Waals surface area contributed by atoms with Crippen molar-refractivity contribution >= 4 is 12.1 Å². The predicted octanol–water partition coefficient (Wildman–Crippen LogP) is 2.72. The average Bonchev–Trinajstić information content (AvgIpc) is 2.50. The lowest BCUT2D eigenvalue weighted by molar-refractivity contribution is -0.122. The van der Waals surface area contributed by atoms with Gasteiger partial charge in [-0.15, -0.1) is 0 Å². The normalized spacial score (nSPS) is 16.8. The van der Waals surface area contributed by atoms with Gasteiger partial charge in [-0.05, 0) is 62.2 Å². The van der Waals surface area contributed by atoms with Gasteiger partial charge in [0.15, 0.2) is 0 Å². The first-order valence-corrected chi connectivity index (χ1v) is 8.38. The molecule has 5 heteroatoms. The first-order valence-electron chi connectivity index (χ1n) is 8.38. The molecule has 1 aromatic carbocycles. The third kappa shape index (κ3) is 6.02. The van der Waals surface area contributed by atoms with Crippen molar-refractivity contribution < 1.29 is 9.53 Å². The SMILES string of the molecule is COc1ccc(/C=N\NC(=O)CN2CCCCCCC2)cc1C. The number of amides is 1. The number of hydrazone groups is 1. The van der Waals surface area contributed by atoms with Crippen molar-refractivity contribution in [1.82, 2.24) is 10.3 Å². The summed E-state index contributed by atoms with van der Waals surface area (Å²) in [6.45, 7) is 4.43. The minimum atomic E-state index is -0.0490. The molecule has 0 bridgehead atoms. The predicted molar refractivity (Wildman–Crippen MR) is 93.0 cm³/mol. The van der Waals surface area contributed by atoms with Gasteiger partial charge in [0.05, 0.1) is 19.9 Å². The maximum absolute atomic E-state index is 12.0. The maximum atomic E-state index is 12.0. The van der Waals surface area contributed by atoms with E-state index in [1.807, 2.05) is 25.1 Å². The molecule has 0 spiro atoms. The molecule has 2 rings (SSSR count). The lowest BCUT2D eigenvalue weighted by atomic mass is 10.1. The smallest absolute Gasteiger partial charge is 0.254 e. The fourth-order valence-electron chi connectivity index (χ4n) is 2.87. The Kier molecular flexibility index (Phi) is 7.07. The fraction of sp³-hybridized carbons (Fsp3) is 0.556. The van der Waals surface area contributed by atoms with Crippen LogP contribution in [0.25, 0.3) is 0 Å². The molecule has 126 valence electrons. The van der Waals surface area contributed by atoms with Crippen LogP contribution in [0.1, 0.15) is 43.2 Å². The Hall–Kier alpha value is -1.88. The second-order valence-electron chi connectivity index (χ2n) is 6.07. The summed E-state index contributed by atoms with van der Waals surface area (Å²) < 4.78 is 5.23. The molecule has 0 aromatic heterocycles. The van der Waals surface area contributed by atoms with Crippen molar-refractivity contribution in [3.8, 4) is 5.75 Å². The van der Waals surface area contributed by atoms with E-state index in [0.717, 1.165) is 30.0 Å². The van der Waals surface area contributed by atoms with Crippen LogP contribution < -0.4 is 10.2 Å². The number of carbonyl (C=O) groups excluding carboxylic acids is 1. The molecule has 1 N–H and O–H groups in total. The molecule has 1 aliphatic rings. The zero-order valence-corrected chi connectivity index (χ0v) is 14.2. The molecular weight excluding hydrogens is 290 g/mol. The Morgan fingerprint density at radius 1 is 1.26 bits per heavy atom. The summed E-state index contributed by atoms with van der Waals surface area (Å²) in [5, 5.41) is 4.05. The molecule has 1 aromatic rings. The van der Waals surface area contributed by atoms with Crippen LogP contribution >= 0.6 is 0 Å². The van der Waals surface area contributed by atoms with Gasteiger partial charge in [0.1, 0.15) is 5.75 Å². The second kappa shape index (κ2) is 9.30. The standard InChI is InChI=1S/C18H27N3O2/c1-15-12-16(8-9-17(15)23-2)13-19-20-18(22)14-21-10-6-4-3-5-7-11-21/h8-9,12-13H,3-7,10-11,14H2,1-2H3,(H,20,22)/b19-13-. The number of methoxy groups -OCH3 is 1. The lowest BCUT2D eigenvalue weighted by Crippen LogP contribution is -2.37. The van der Waals surface area contributed by atoms with E-state index in [4.69, 9.17) is 4.74 Å². The Bertz CT molecular complexity index is 535. The van der Waals surface area contributed by atoms with Crippen molar-refractivity contribution in [2.45, 2.75) is 39.0 Å². The van der Waals surface area contributed by atoms with Crippen LogP contribution in [-0.4, -0.2) is 43.8 Å². The zero-order chi connectivity index (χ0) is 16.5. The largest absolute Gasteiger partial charge is 0.496 e. The number of benzene rings is 1.